The summed E-state index contributed by atoms with van der Waals surface area (Å²) in [5.41, 5.74) is 1.34. The molecule has 0 saturated heterocycles. The van der Waals surface area contributed by atoms with Crippen molar-refractivity contribution in [3.63, 3.8) is 0 Å². The van der Waals surface area contributed by atoms with Gasteiger partial charge >= 0.3 is 0 Å². The Bertz CT molecular complexity index is 487. The summed E-state index contributed by atoms with van der Waals surface area (Å²) in [6.07, 6.45) is 0. The van der Waals surface area contributed by atoms with E-state index in [1.54, 1.807) is 25.2 Å². The van der Waals surface area contributed by atoms with Gasteiger partial charge < -0.3 is 9.80 Å². The molecule has 1 rings (SSSR count). The summed E-state index contributed by atoms with van der Waals surface area (Å²) in [7, 11) is 1.70. The van der Waals surface area contributed by atoms with E-state index in [-0.39, 0.29) is 23.9 Å². The standard InChI is InChI=1S/C16H24N2O2/c1-11(2)18(12(3)4)16(20)14-8-7-9-15(10-14)17(6)13(5)19/h7-12H,1-6H3. The lowest BCUT2D eigenvalue weighted by atomic mass is 10.1. The Kier molecular flexibility index (Phi) is 5.31. The minimum atomic E-state index is -0.0563. The van der Waals surface area contributed by atoms with Crippen molar-refractivity contribution in [3.8, 4) is 0 Å². The smallest absolute Gasteiger partial charge is 0.254 e. The molecule has 0 aliphatic heterocycles. The molecule has 0 radical (unpaired) electrons. The SMILES string of the molecule is CC(=O)N(C)c1cccc(C(=O)N(C(C)C)C(C)C)c1. The molecule has 20 heavy (non-hydrogen) atoms. The van der Waals surface area contributed by atoms with Crippen molar-refractivity contribution in [1.29, 1.82) is 0 Å². The van der Waals surface area contributed by atoms with Crippen molar-refractivity contribution < 1.29 is 9.59 Å². The Labute approximate surface area is 121 Å². The van der Waals surface area contributed by atoms with Gasteiger partial charge in [-0.15, -0.1) is 0 Å². The third-order valence-corrected chi connectivity index (χ3v) is 3.30. The lowest BCUT2D eigenvalue weighted by Crippen LogP contribution is -2.42. The Balaban J connectivity index is 3.11. The second-order valence-corrected chi connectivity index (χ2v) is 5.53. The molecule has 0 spiro atoms. The number of carbonyl (C=O) groups excluding carboxylic acids is 2. The van der Waals surface area contributed by atoms with Crippen LogP contribution in [-0.2, 0) is 4.79 Å². The van der Waals surface area contributed by atoms with E-state index in [1.807, 2.05) is 38.7 Å². The number of carbonyl (C=O) groups is 2. The first-order valence-electron chi connectivity index (χ1n) is 6.92. The number of hydrogen-bond donors (Lipinski definition) is 0. The van der Waals surface area contributed by atoms with Crippen LogP contribution in [0.3, 0.4) is 0 Å². The number of nitrogens with zero attached hydrogens (tertiary/aromatic N) is 2. The molecule has 4 nitrogen and oxygen atoms in total. The Morgan fingerprint density at radius 1 is 1.05 bits per heavy atom. The van der Waals surface area contributed by atoms with Crippen molar-refractivity contribution in [2.24, 2.45) is 0 Å². The first-order valence-corrected chi connectivity index (χ1v) is 6.92. The van der Waals surface area contributed by atoms with Gasteiger partial charge in [-0.25, -0.2) is 0 Å². The summed E-state index contributed by atoms with van der Waals surface area (Å²) in [5, 5.41) is 0. The molecule has 0 unspecified atom stereocenters. The fraction of sp³-hybridized carbons (Fsp3) is 0.500. The summed E-state index contributed by atoms with van der Waals surface area (Å²) in [5.74, 6) is -0.0621. The molecule has 1 aromatic carbocycles. The van der Waals surface area contributed by atoms with Crippen molar-refractivity contribution in [2.75, 3.05) is 11.9 Å². The largest absolute Gasteiger partial charge is 0.334 e. The molecule has 1 aromatic rings. The van der Waals surface area contributed by atoms with Crippen LogP contribution < -0.4 is 4.90 Å². The van der Waals surface area contributed by atoms with Crippen molar-refractivity contribution in [1.82, 2.24) is 4.90 Å². The summed E-state index contributed by atoms with van der Waals surface area (Å²) < 4.78 is 0. The highest BCUT2D eigenvalue weighted by Crippen LogP contribution is 2.18. The highest BCUT2D eigenvalue weighted by atomic mass is 16.2. The average Bonchev–Trinajstić information content (AvgIpc) is 2.36. The van der Waals surface area contributed by atoms with Crippen LogP contribution in [0.15, 0.2) is 24.3 Å². The number of hydrogen-bond acceptors (Lipinski definition) is 2. The molecule has 0 N–H and O–H groups in total. The van der Waals surface area contributed by atoms with E-state index in [0.29, 0.717) is 5.56 Å². The van der Waals surface area contributed by atoms with Crippen LogP contribution in [-0.4, -0.2) is 35.8 Å². The zero-order valence-corrected chi connectivity index (χ0v) is 13.2. The van der Waals surface area contributed by atoms with Gasteiger partial charge in [0.1, 0.15) is 0 Å². The highest BCUT2D eigenvalue weighted by molar-refractivity contribution is 5.97. The maximum absolute atomic E-state index is 12.6. The predicted molar refractivity (Wildman–Crippen MR) is 82.0 cm³/mol. The van der Waals surface area contributed by atoms with Gasteiger partial charge in [0.25, 0.3) is 5.91 Å². The predicted octanol–water partition coefficient (Wildman–Crippen LogP) is 2.93. The third-order valence-electron chi connectivity index (χ3n) is 3.30. The molecule has 2 amide bonds. The Morgan fingerprint density at radius 3 is 2.05 bits per heavy atom. The van der Waals surface area contributed by atoms with Gasteiger partial charge in [0.15, 0.2) is 0 Å². The molecule has 4 heteroatoms. The molecule has 0 aromatic heterocycles. The second kappa shape index (κ2) is 6.55. The summed E-state index contributed by atoms with van der Waals surface area (Å²) in [4.78, 5) is 27.4. The van der Waals surface area contributed by atoms with Gasteiger partial charge in [-0.2, -0.15) is 0 Å². The molecule has 0 bridgehead atoms. The van der Waals surface area contributed by atoms with E-state index in [0.717, 1.165) is 5.69 Å². The van der Waals surface area contributed by atoms with E-state index in [2.05, 4.69) is 0 Å². The monoisotopic (exact) mass is 276 g/mol. The average molecular weight is 276 g/mol. The van der Waals surface area contributed by atoms with Gasteiger partial charge in [0.05, 0.1) is 0 Å². The second-order valence-electron chi connectivity index (χ2n) is 5.53. The summed E-state index contributed by atoms with van der Waals surface area (Å²) >= 11 is 0. The van der Waals surface area contributed by atoms with Crippen molar-refractivity contribution >= 4 is 17.5 Å². The van der Waals surface area contributed by atoms with Crippen molar-refractivity contribution in [2.45, 2.75) is 46.7 Å². The lowest BCUT2D eigenvalue weighted by Gasteiger charge is -2.31. The van der Waals surface area contributed by atoms with Gasteiger partial charge in [0.2, 0.25) is 5.91 Å². The van der Waals surface area contributed by atoms with Gasteiger partial charge in [-0.05, 0) is 45.9 Å². The highest BCUT2D eigenvalue weighted by Gasteiger charge is 2.22. The molecule has 0 aliphatic carbocycles. The van der Waals surface area contributed by atoms with Crippen LogP contribution in [0.5, 0.6) is 0 Å². The third kappa shape index (κ3) is 3.59. The van der Waals surface area contributed by atoms with Crippen LogP contribution in [0.2, 0.25) is 0 Å². The van der Waals surface area contributed by atoms with E-state index >= 15 is 0 Å². The normalized spacial score (nSPS) is 10.8. The van der Waals surface area contributed by atoms with E-state index in [4.69, 9.17) is 0 Å². The number of anilines is 1. The van der Waals surface area contributed by atoms with Gasteiger partial charge in [0, 0.05) is 37.3 Å². The van der Waals surface area contributed by atoms with E-state index in [9.17, 15) is 9.59 Å². The van der Waals surface area contributed by atoms with Crippen LogP contribution >= 0.6 is 0 Å². The molecule has 0 aliphatic rings. The van der Waals surface area contributed by atoms with Crippen molar-refractivity contribution in [3.05, 3.63) is 29.8 Å². The van der Waals surface area contributed by atoms with Gasteiger partial charge in [-0.1, -0.05) is 6.07 Å². The first kappa shape index (κ1) is 16.2. The molecule has 0 fully saturated rings. The topological polar surface area (TPSA) is 40.6 Å². The molecule has 0 heterocycles. The molecule has 0 atom stereocenters. The van der Waals surface area contributed by atoms with Crippen LogP contribution in [0, 0.1) is 0 Å². The minimum absolute atomic E-state index is 0.00574. The fourth-order valence-corrected chi connectivity index (χ4v) is 2.24. The summed E-state index contributed by atoms with van der Waals surface area (Å²) in [6, 6.07) is 7.46. The van der Waals surface area contributed by atoms with E-state index < -0.39 is 0 Å². The van der Waals surface area contributed by atoms with Gasteiger partial charge in [-0.3, -0.25) is 9.59 Å². The molecule has 0 saturated carbocycles. The van der Waals surface area contributed by atoms with E-state index in [1.165, 1.54) is 11.8 Å². The molecular weight excluding hydrogens is 252 g/mol. The van der Waals surface area contributed by atoms with Crippen LogP contribution in [0.4, 0.5) is 5.69 Å². The number of rotatable bonds is 4. The van der Waals surface area contributed by atoms with Crippen LogP contribution in [0.25, 0.3) is 0 Å². The van der Waals surface area contributed by atoms with Crippen LogP contribution in [0.1, 0.15) is 45.0 Å². The number of amides is 2. The lowest BCUT2D eigenvalue weighted by molar-refractivity contribution is -0.116. The number of benzene rings is 1. The quantitative estimate of drug-likeness (QED) is 0.848. The molecule has 110 valence electrons. The Hall–Kier alpha value is -1.84. The maximum Gasteiger partial charge on any atom is 0.254 e. The summed E-state index contributed by atoms with van der Waals surface area (Å²) in [6.45, 7) is 9.52. The minimum Gasteiger partial charge on any atom is -0.334 e. The zero-order chi connectivity index (χ0) is 15.4. The fourth-order valence-electron chi connectivity index (χ4n) is 2.24. The Morgan fingerprint density at radius 2 is 1.60 bits per heavy atom. The zero-order valence-electron chi connectivity index (χ0n) is 13.2. The molecular formula is C16H24N2O2. The first-order chi connectivity index (χ1) is 9.25. The maximum atomic E-state index is 12.6.